The molecule has 0 unspecified atom stereocenters. The van der Waals surface area contributed by atoms with E-state index in [1.807, 2.05) is 24.5 Å². The number of amides is 2. The number of aromatic nitrogens is 1. The first-order valence-corrected chi connectivity index (χ1v) is 10.5. The Labute approximate surface area is 182 Å². The van der Waals surface area contributed by atoms with Crippen molar-refractivity contribution in [2.24, 2.45) is 0 Å². The lowest BCUT2D eigenvalue weighted by atomic mass is 10.2. The Balaban J connectivity index is 1.61. The van der Waals surface area contributed by atoms with Gasteiger partial charge in [-0.05, 0) is 85.3 Å². The van der Waals surface area contributed by atoms with Crippen molar-refractivity contribution in [3.8, 4) is 5.69 Å². The average molecular weight is 441 g/mol. The number of nitrogens with zero attached hydrogens (tertiary/aromatic N) is 2. The molecule has 4 rings (SSSR count). The molecule has 152 valence electrons. The van der Waals surface area contributed by atoms with Crippen LogP contribution in [0.3, 0.4) is 0 Å². The second kappa shape index (κ2) is 8.13. The van der Waals surface area contributed by atoms with Gasteiger partial charge in [0.05, 0.1) is 11.4 Å². The number of benzene rings is 2. The third-order valence-corrected chi connectivity index (χ3v) is 6.13. The van der Waals surface area contributed by atoms with Crippen LogP contribution < -0.4 is 0 Å². The van der Waals surface area contributed by atoms with Gasteiger partial charge in [0.15, 0.2) is 0 Å². The van der Waals surface area contributed by atoms with Crippen molar-refractivity contribution in [2.45, 2.75) is 20.4 Å². The fraction of sp³-hybridized carbons (Fsp3) is 0.130. The highest BCUT2D eigenvalue weighted by molar-refractivity contribution is 8.18. The SMILES string of the molecule is Cc1cc(/C=C2/SC(=O)N(Cc3ccc(Cl)cc3)C2=O)c(C)n1-c1ccc(F)cc1. The predicted molar refractivity (Wildman–Crippen MR) is 118 cm³/mol. The van der Waals surface area contributed by atoms with Crippen LogP contribution in [0.15, 0.2) is 59.5 Å². The summed E-state index contributed by atoms with van der Waals surface area (Å²) in [4.78, 5) is 26.9. The van der Waals surface area contributed by atoms with E-state index in [0.717, 1.165) is 40.0 Å². The zero-order valence-corrected chi connectivity index (χ0v) is 17.9. The Kier molecular flexibility index (Phi) is 5.54. The zero-order chi connectivity index (χ0) is 21.4. The van der Waals surface area contributed by atoms with Crippen LogP contribution in [0.25, 0.3) is 11.8 Å². The Hall–Kier alpha value is -2.83. The summed E-state index contributed by atoms with van der Waals surface area (Å²) in [5, 5.41) is 0.304. The molecule has 0 spiro atoms. The molecule has 1 aliphatic heterocycles. The average Bonchev–Trinajstić information content (AvgIpc) is 3.14. The molecule has 0 radical (unpaired) electrons. The Bertz CT molecular complexity index is 1170. The highest BCUT2D eigenvalue weighted by atomic mass is 35.5. The lowest BCUT2D eigenvalue weighted by molar-refractivity contribution is -0.123. The molecule has 3 aromatic rings. The van der Waals surface area contributed by atoms with Crippen molar-refractivity contribution in [2.75, 3.05) is 0 Å². The summed E-state index contributed by atoms with van der Waals surface area (Å²) in [7, 11) is 0. The molecule has 0 aliphatic carbocycles. The predicted octanol–water partition coefficient (Wildman–Crippen LogP) is 6.12. The van der Waals surface area contributed by atoms with Crippen molar-refractivity contribution in [3.63, 3.8) is 0 Å². The monoisotopic (exact) mass is 440 g/mol. The number of hydrogen-bond donors (Lipinski definition) is 0. The maximum Gasteiger partial charge on any atom is 0.293 e. The van der Waals surface area contributed by atoms with Gasteiger partial charge in [0.25, 0.3) is 11.1 Å². The van der Waals surface area contributed by atoms with Crippen LogP contribution in [-0.2, 0) is 11.3 Å². The molecule has 1 fully saturated rings. The van der Waals surface area contributed by atoms with Crippen LogP contribution in [0.4, 0.5) is 9.18 Å². The van der Waals surface area contributed by atoms with Crippen LogP contribution >= 0.6 is 23.4 Å². The summed E-state index contributed by atoms with van der Waals surface area (Å²) >= 11 is 6.83. The fourth-order valence-electron chi connectivity index (χ4n) is 3.47. The molecular formula is C23H18ClFN2O2S. The topological polar surface area (TPSA) is 42.3 Å². The minimum absolute atomic E-state index is 0.202. The molecule has 4 nitrogen and oxygen atoms in total. The van der Waals surface area contributed by atoms with E-state index in [-0.39, 0.29) is 23.5 Å². The fourth-order valence-corrected chi connectivity index (χ4v) is 4.43. The highest BCUT2D eigenvalue weighted by Crippen LogP contribution is 2.34. The molecule has 30 heavy (non-hydrogen) atoms. The number of rotatable bonds is 4. The van der Waals surface area contributed by atoms with Crippen LogP contribution in [0.2, 0.25) is 5.02 Å². The summed E-state index contributed by atoms with van der Waals surface area (Å²) in [5.41, 5.74) is 4.36. The molecule has 0 bridgehead atoms. The Morgan fingerprint density at radius 2 is 1.70 bits per heavy atom. The summed E-state index contributed by atoms with van der Waals surface area (Å²) in [5.74, 6) is -0.609. The first-order valence-electron chi connectivity index (χ1n) is 9.28. The molecule has 1 aromatic heterocycles. The van der Waals surface area contributed by atoms with E-state index in [1.165, 1.54) is 17.0 Å². The van der Waals surface area contributed by atoms with Crippen molar-refractivity contribution < 1.29 is 14.0 Å². The standard InChI is InChI=1S/C23H18ClFN2O2S/c1-14-11-17(15(2)27(14)20-9-7-19(25)8-10-20)12-21-22(28)26(23(29)30-21)13-16-3-5-18(24)6-4-16/h3-12H,13H2,1-2H3/b21-12+. The first-order chi connectivity index (χ1) is 14.3. The van der Waals surface area contributed by atoms with Gasteiger partial charge in [-0.2, -0.15) is 0 Å². The first kappa shape index (κ1) is 20.4. The molecule has 2 amide bonds. The number of thioether (sulfide) groups is 1. The van der Waals surface area contributed by atoms with Gasteiger partial charge < -0.3 is 4.57 Å². The van der Waals surface area contributed by atoms with Crippen LogP contribution in [0.1, 0.15) is 22.5 Å². The molecule has 1 aliphatic rings. The van der Waals surface area contributed by atoms with Crippen molar-refractivity contribution >= 4 is 40.6 Å². The highest BCUT2D eigenvalue weighted by Gasteiger charge is 2.35. The van der Waals surface area contributed by atoms with E-state index >= 15 is 0 Å². The molecule has 1 saturated heterocycles. The van der Waals surface area contributed by atoms with Crippen LogP contribution in [0, 0.1) is 19.7 Å². The van der Waals surface area contributed by atoms with Crippen LogP contribution in [0.5, 0.6) is 0 Å². The maximum absolute atomic E-state index is 13.3. The quantitative estimate of drug-likeness (QED) is 0.459. The number of imide groups is 1. The lowest BCUT2D eigenvalue weighted by Gasteiger charge is -2.12. The number of carbonyl (C=O) groups excluding carboxylic acids is 2. The minimum atomic E-state index is -0.313. The van der Waals surface area contributed by atoms with Gasteiger partial charge in [-0.25, -0.2) is 4.39 Å². The Morgan fingerprint density at radius 1 is 1.03 bits per heavy atom. The molecule has 0 atom stereocenters. The van der Waals surface area contributed by atoms with E-state index in [9.17, 15) is 14.0 Å². The summed E-state index contributed by atoms with van der Waals surface area (Å²) < 4.78 is 15.3. The number of aryl methyl sites for hydroxylation is 1. The lowest BCUT2D eigenvalue weighted by Crippen LogP contribution is -2.27. The van der Waals surface area contributed by atoms with E-state index in [2.05, 4.69) is 0 Å². The van der Waals surface area contributed by atoms with Gasteiger partial charge in [-0.1, -0.05) is 23.7 Å². The summed E-state index contributed by atoms with van der Waals surface area (Å²) in [6.45, 7) is 4.08. The van der Waals surface area contributed by atoms with E-state index in [1.54, 1.807) is 42.5 Å². The molecule has 0 saturated carbocycles. The number of carbonyl (C=O) groups is 2. The normalized spacial score (nSPS) is 15.5. The third kappa shape index (κ3) is 3.93. The van der Waals surface area contributed by atoms with Gasteiger partial charge in [-0.3, -0.25) is 14.5 Å². The van der Waals surface area contributed by atoms with E-state index in [0.29, 0.717) is 9.93 Å². The van der Waals surface area contributed by atoms with Crippen molar-refractivity contribution in [1.82, 2.24) is 9.47 Å². The maximum atomic E-state index is 13.3. The van der Waals surface area contributed by atoms with Gasteiger partial charge in [0.2, 0.25) is 0 Å². The minimum Gasteiger partial charge on any atom is -0.318 e. The van der Waals surface area contributed by atoms with Gasteiger partial charge >= 0.3 is 0 Å². The third-order valence-electron chi connectivity index (χ3n) is 4.97. The van der Waals surface area contributed by atoms with Crippen molar-refractivity contribution in [1.29, 1.82) is 0 Å². The molecule has 2 heterocycles. The molecule has 0 N–H and O–H groups in total. The van der Waals surface area contributed by atoms with Gasteiger partial charge in [0, 0.05) is 22.1 Å². The smallest absolute Gasteiger partial charge is 0.293 e. The van der Waals surface area contributed by atoms with Crippen molar-refractivity contribution in [3.05, 3.63) is 92.9 Å². The molecule has 2 aromatic carbocycles. The van der Waals surface area contributed by atoms with Gasteiger partial charge in [-0.15, -0.1) is 0 Å². The van der Waals surface area contributed by atoms with Gasteiger partial charge in [0.1, 0.15) is 5.82 Å². The second-order valence-corrected chi connectivity index (χ2v) is 8.46. The number of hydrogen-bond acceptors (Lipinski definition) is 3. The Morgan fingerprint density at radius 3 is 2.37 bits per heavy atom. The van der Waals surface area contributed by atoms with Crippen LogP contribution in [-0.4, -0.2) is 20.6 Å². The summed E-state index contributed by atoms with van der Waals surface area (Å²) in [6, 6.07) is 15.2. The molecular weight excluding hydrogens is 423 g/mol. The van der Waals surface area contributed by atoms with E-state index < -0.39 is 0 Å². The largest absolute Gasteiger partial charge is 0.318 e. The summed E-state index contributed by atoms with van der Waals surface area (Å²) in [6.07, 6.45) is 1.75. The second-order valence-electron chi connectivity index (χ2n) is 7.03. The zero-order valence-electron chi connectivity index (χ0n) is 16.4. The molecule has 7 heteroatoms. The van der Waals surface area contributed by atoms with E-state index in [4.69, 9.17) is 11.6 Å². The number of halogens is 2.